The molecule has 0 aliphatic carbocycles. The number of carbonyl (C=O) groups excluding carboxylic acids is 1. The molecular formula is C23H18N2O2. The van der Waals surface area contributed by atoms with E-state index in [9.17, 15) is 4.79 Å². The van der Waals surface area contributed by atoms with Gasteiger partial charge in [-0.1, -0.05) is 66.2 Å². The van der Waals surface area contributed by atoms with Gasteiger partial charge in [-0.15, -0.1) is 0 Å². The standard InChI is InChI=1S/C23H18N2O2/c1-17-12-14-20(15-13-17)27-23-24-21(16-18-8-4-2-5-9-18)22(26)25(23)19-10-6-3-7-11-19/h2-16H,1H3/b21-16-. The van der Waals surface area contributed by atoms with Crippen molar-refractivity contribution >= 4 is 23.7 Å². The summed E-state index contributed by atoms with van der Waals surface area (Å²) in [6.45, 7) is 2.01. The molecule has 0 saturated heterocycles. The summed E-state index contributed by atoms with van der Waals surface area (Å²) in [7, 11) is 0. The van der Waals surface area contributed by atoms with Crippen LogP contribution in [0.2, 0.25) is 0 Å². The molecule has 4 rings (SSSR count). The van der Waals surface area contributed by atoms with Crippen LogP contribution >= 0.6 is 0 Å². The highest BCUT2D eigenvalue weighted by molar-refractivity contribution is 6.27. The number of ether oxygens (including phenoxy) is 1. The van der Waals surface area contributed by atoms with Crippen molar-refractivity contribution < 1.29 is 9.53 Å². The predicted molar refractivity (Wildman–Crippen MR) is 108 cm³/mol. The van der Waals surface area contributed by atoms with E-state index < -0.39 is 0 Å². The number of aryl methyl sites for hydroxylation is 1. The number of amidine groups is 1. The number of anilines is 1. The van der Waals surface area contributed by atoms with Crippen LogP contribution in [-0.2, 0) is 4.79 Å². The molecule has 1 amide bonds. The second kappa shape index (κ2) is 7.30. The lowest BCUT2D eigenvalue weighted by Gasteiger charge is -2.17. The molecule has 4 nitrogen and oxygen atoms in total. The van der Waals surface area contributed by atoms with Gasteiger partial charge in [0.15, 0.2) is 0 Å². The maximum absolute atomic E-state index is 13.0. The first-order valence-electron chi connectivity index (χ1n) is 8.70. The third-order valence-electron chi connectivity index (χ3n) is 4.18. The van der Waals surface area contributed by atoms with Crippen molar-refractivity contribution in [2.75, 3.05) is 4.90 Å². The molecule has 0 saturated carbocycles. The van der Waals surface area contributed by atoms with Gasteiger partial charge in [0.1, 0.15) is 11.4 Å². The fourth-order valence-electron chi connectivity index (χ4n) is 2.79. The molecule has 1 aliphatic heterocycles. The van der Waals surface area contributed by atoms with Crippen LogP contribution in [-0.4, -0.2) is 11.9 Å². The van der Waals surface area contributed by atoms with Crippen LogP contribution in [0.15, 0.2) is 95.6 Å². The zero-order chi connectivity index (χ0) is 18.6. The fourth-order valence-corrected chi connectivity index (χ4v) is 2.79. The zero-order valence-electron chi connectivity index (χ0n) is 14.9. The van der Waals surface area contributed by atoms with Crippen LogP contribution < -0.4 is 9.64 Å². The number of para-hydroxylation sites is 1. The van der Waals surface area contributed by atoms with Gasteiger partial charge in [0.05, 0.1) is 5.69 Å². The number of nitrogens with zero attached hydrogens (tertiary/aromatic N) is 2. The monoisotopic (exact) mass is 354 g/mol. The summed E-state index contributed by atoms with van der Waals surface area (Å²) < 4.78 is 5.95. The molecular weight excluding hydrogens is 336 g/mol. The molecule has 0 unspecified atom stereocenters. The van der Waals surface area contributed by atoms with Crippen molar-refractivity contribution in [3.05, 3.63) is 102 Å². The van der Waals surface area contributed by atoms with E-state index in [0.29, 0.717) is 17.1 Å². The maximum Gasteiger partial charge on any atom is 0.310 e. The molecule has 0 spiro atoms. The van der Waals surface area contributed by atoms with Crippen LogP contribution in [0, 0.1) is 6.92 Å². The zero-order valence-corrected chi connectivity index (χ0v) is 14.9. The lowest BCUT2D eigenvalue weighted by atomic mass is 10.2. The molecule has 0 N–H and O–H groups in total. The van der Waals surface area contributed by atoms with Gasteiger partial charge in [0.25, 0.3) is 5.91 Å². The summed E-state index contributed by atoms with van der Waals surface area (Å²) in [6, 6.07) is 26.9. The van der Waals surface area contributed by atoms with Gasteiger partial charge >= 0.3 is 6.02 Å². The Balaban J connectivity index is 1.73. The first-order valence-corrected chi connectivity index (χ1v) is 8.70. The largest absolute Gasteiger partial charge is 0.425 e. The van der Waals surface area contributed by atoms with E-state index in [-0.39, 0.29) is 11.9 Å². The quantitative estimate of drug-likeness (QED) is 0.633. The summed E-state index contributed by atoms with van der Waals surface area (Å²) in [6.07, 6.45) is 1.77. The topological polar surface area (TPSA) is 41.9 Å². The Hall–Kier alpha value is -3.66. The van der Waals surface area contributed by atoms with Crippen molar-refractivity contribution in [3.8, 4) is 5.75 Å². The van der Waals surface area contributed by atoms with Crippen molar-refractivity contribution in [1.82, 2.24) is 0 Å². The van der Waals surface area contributed by atoms with Crippen molar-refractivity contribution in [1.29, 1.82) is 0 Å². The third-order valence-corrected chi connectivity index (χ3v) is 4.18. The minimum absolute atomic E-state index is 0.216. The Morgan fingerprint density at radius 1 is 0.852 bits per heavy atom. The summed E-state index contributed by atoms with van der Waals surface area (Å²) in [4.78, 5) is 19.0. The van der Waals surface area contributed by atoms with Gasteiger partial charge in [0.2, 0.25) is 0 Å². The molecule has 0 atom stereocenters. The second-order valence-electron chi connectivity index (χ2n) is 6.23. The predicted octanol–water partition coefficient (Wildman–Crippen LogP) is 4.82. The van der Waals surface area contributed by atoms with Gasteiger partial charge < -0.3 is 4.74 Å². The van der Waals surface area contributed by atoms with Crippen LogP contribution in [0.5, 0.6) is 5.75 Å². The molecule has 0 fully saturated rings. The fraction of sp³-hybridized carbons (Fsp3) is 0.0435. The van der Waals surface area contributed by atoms with E-state index in [1.807, 2.05) is 91.9 Å². The number of hydrogen-bond donors (Lipinski definition) is 0. The molecule has 132 valence electrons. The van der Waals surface area contributed by atoms with Crippen molar-refractivity contribution in [3.63, 3.8) is 0 Å². The highest BCUT2D eigenvalue weighted by Crippen LogP contribution is 2.26. The highest BCUT2D eigenvalue weighted by atomic mass is 16.5. The lowest BCUT2D eigenvalue weighted by Crippen LogP contribution is -2.35. The van der Waals surface area contributed by atoms with Crippen LogP contribution in [0.25, 0.3) is 6.08 Å². The molecule has 4 heteroatoms. The van der Waals surface area contributed by atoms with Gasteiger partial charge in [-0.05, 0) is 42.8 Å². The summed E-state index contributed by atoms with van der Waals surface area (Å²) >= 11 is 0. The number of hydrogen-bond acceptors (Lipinski definition) is 3. The Bertz CT molecular complexity index is 1010. The van der Waals surface area contributed by atoms with Crippen LogP contribution in [0.4, 0.5) is 5.69 Å². The van der Waals surface area contributed by atoms with Crippen molar-refractivity contribution in [2.45, 2.75) is 6.92 Å². The molecule has 0 bridgehead atoms. The number of benzene rings is 3. The second-order valence-corrected chi connectivity index (χ2v) is 6.23. The lowest BCUT2D eigenvalue weighted by molar-refractivity contribution is -0.113. The smallest absolute Gasteiger partial charge is 0.310 e. The first kappa shape index (κ1) is 16.8. The van der Waals surface area contributed by atoms with E-state index >= 15 is 0 Å². The van der Waals surface area contributed by atoms with Crippen molar-refractivity contribution in [2.24, 2.45) is 4.99 Å². The Morgan fingerprint density at radius 3 is 2.15 bits per heavy atom. The molecule has 3 aromatic carbocycles. The maximum atomic E-state index is 13.0. The van der Waals surface area contributed by atoms with Crippen LogP contribution in [0.1, 0.15) is 11.1 Å². The van der Waals surface area contributed by atoms with Gasteiger partial charge in [-0.3, -0.25) is 4.79 Å². The Labute approximate surface area is 158 Å². The number of rotatable bonds is 3. The third kappa shape index (κ3) is 3.65. The van der Waals surface area contributed by atoms with E-state index in [1.165, 1.54) is 4.90 Å². The SMILES string of the molecule is Cc1ccc(OC2=N/C(=C\c3ccccc3)C(=O)N2c2ccccc2)cc1. The summed E-state index contributed by atoms with van der Waals surface area (Å²) in [5, 5.41) is 0. The minimum Gasteiger partial charge on any atom is -0.425 e. The minimum atomic E-state index is -0.216. The van der Waals surface area contributed by atoms with Crippen LogP contribution in [0.3, 0.4) is 0 Å². The van der Waals surface area contributed by atoms with Gasteiger partial charge in [0, 0.05) is 0 Å². The van der Waals surface area contributed by atoms with Gasteiger partial charge in [-0.2, -0.15) is 4.99 Å². The number of amides is 1. The summed E-state index contributed by atoms with van der Waals surface area (Å²) in [5.41, 5.74) is 3.10. The Morgan fingerprint density at radius 2 is 1.48 bits per heavy atom. The van der Waals surface area contributed by atoms with E-state index in [2.05, 4.69) is 4.99 Å². The normalized spacial score (nSPS) is 15.1. The van der Waals surface area contributed by atoms with E-state index in [0.717, 1.165) is 11.1 Å². The highest BCUT2D eigenvalue weighted by Gasteiger charge is 2.33. The molecule has 1 aliphatic rings. The van der Waals surface area contributed by atoms with Gasteiger partial charge in [-0.25, -0.2) is 4.90 Å². The number of carbonyl (C=O) groups is 1. The molecule has 3 aromatic rings. The van der Waals surface area contributed by atoms with E-state index in [1.54, 1.807) is 6.08 Å². The molecule has 1 heterocycles. The Kier molecular flexibility index (Phi) is 4.54. The average molecular weight is 354 g/mol. The number of aliphatic imine (C=N–C) groups is 1. The first-order chi connectivity index (χ1) is 13.2. The average Bonchev–Trinajstić information content (AvgIpc) is 3.00. The van der Waals surface area contributed by atoms with E-state index in [4.69, 9.17) is 4.74 Å². The summed E-state index contributed by atoms with van der Waals surface area (Å²) in [5.74, 6) is 0.418. The molecule has 0 radical (unpaired) electrons. The molecule has 27 heavy (non-hydrogen) atoms. The molecule has 0 aromatic heterocycles.